The minimum Gasteiger partial charge on any atom is -0.327 e. The van der Waals surface area contributed by atoms with Crippen LogP contribution in [0.1, 0.15) is 18.9 Å². The van der Waals surface area contributed by atoms with Crippen molar-refractivity contribution in [2.45, 2.75) is 35.6 Å². The van der Waals surface area contributed by atoms with Crippen molar-refractivity contribution < 1.29 is 8.78 Å². The molecular weight excluding hydrogens is 312 g/mol. The lowest BCUT2D eigenvalue weighted by Gasteiger charge is -2.13. The molecule has 1 unspecified atom stereocenters. The first kappa shape index (κ1) is 16.3. The van der Waals surface area contributed by atoms with Crippen molar-refractivity contribution in [3.63, 3.8) is 0 Å². The average molecular weight is 328 g/mol. The zero-order chi connectivity index (χ0) is 15.4. The van der Waals surface area contributed by atoms with E-state index in [1.165, 1.54) is 17.8 Å². The molecule has 0 fully saturated rings. The third kappa shape index (κ3) is 4.43. The van der Waals surface area contributed by atoms with E-state index in [-0.39, 0.29) is 6.04 Å². The standard InChI is InChI=1S/C16H16ClF2NS/c1-2-12(20)7-10-3-4-11(17)8-16(10)21-13-5-6-14(18)15(19)9-13/h3-6,8-9,12H,2,7,20H2,1H3. The molecule has 0 saturated carbocycles. The minimum atomic E-state index is -0.853. The molecular formula is C16H16ClF2NS. The molecule has 5 heteroatoms. The summed E-state index contributed by atoms with van der Waals surface area (Å²) in [6.07, 6.45) is 1.59. The van der Waals surface area contributed by atoms with Crippen LogP contribution in [0.3, 0.4) is 0 Å². The van der Waals surface area contributed by atoms with Crippen LogP contribution in [0.4, 0.5) is 8.78 Å². The smallest absolute Gasteiger partial charge is 0.159 e. The number of hydrogen-bond acceptors (Lipinski definition) is 2. The van der Waals surface area contributed by atoms with Crippen LogP contribution in [0.2, 0.25) is 5.02 Å². The third-order valence-corrected chi connectivity index (χ3v) is 4.48. The lowest BCUT2D eigenvalue weighted by Crippen LogP contribution is -2.21. The van der Waals surface area contributed by atoms with Crippen LogP contribution in [0, 0.1) is 11.6 Å². The van der Waals surface area contributed by atoms with Crippen molar-refractivity contribution in [3.8, 4) is 0 Å². The van der Waals surface area contributed by atoms with E-state index < -0.39 is 11.6 Å². The Morgan fingerprint density at radius 2 is 1.90 bits per heavy atom. The molecule has 2 N–H and O–H groups in total. The maximum Gasteiger partial charge on any atom is 0.159 e. The lowest BCUT2D eigenvalue weighted by atomic mass is 10.1. The molecule has 0 saturated heterocycles. The molecule has 2 aromatic carbocycles. The molecule has 0 aliphatic heterocycles. The molecule has 2 rings (SSSR count). The van der Waals surface area contributed by atoms with E-state index in [9.17, 15) is 8.78 Å². The van der Waals surface area contributed by atoms with Crippen molar-refractivity contribution in [1.29, 1.82) is 0 Å². The fourth-order valence-corrected chi connectivity index (χ4v) is 3.14. The highest BCUT2D eigenvalue weighted by atomic mass is 35.5. The van der Waals surface area contributed by atoms with Crippen molar-refractivity contribution in [3.05, 3.63) is 58.6 Å². The van der Waals surface area contributed by atoms with Gasteiger partial charge in [0.1, 0.15) is 0 Å². The van der Waals surface area contributed by atoms with Crippen LogP contribution in [0.25, 0.3) is 0 Å². The van der Waals surface area contributed by atoms with Gasteiger partial charge in [-0.2, -0.15) is 0 Å². The molecule has 1 nitrogen and oxygen atoms in total. The Bertz CT molecular complexity index is 634. The first-order chi connectivity index (χ1) is 9.99. The van der Waals surface area contributed by atoms with Crippen LogP contribution < -0.4 is 5.73 Å². The van der Waals surface area contributed by atoms with Gasteiger partial charge in [-0.25, -0.2) is 8.78 Å². The van der Waals surface area contributed by atoms with Crippen molar-refractivity contribution in [2.24, 2.45) is 5.73 Å². The Morgan fingerprint density at radius 3 is 2.57 bits per heavy atom. The number of nitrogens with two attached hydrogens (primary N) is 1. The fraction of sp³-hybridized carbons (Fsp3) is 0.250. The van der Waals surface area contributed by atoms with Gasteiger partial charge in [-0.3, -0.25) is 0 Å². The summed E-state index contributed by atoms with van der Waals surface area (Å²) in [5.74, 6) is -1.70. The molecule has 0 bridgehead atoms. The van der Waals surface area contributed by atoms with E-state index in [4.69, 9.17) is 17.3 Å². The van der Waals surface area contributed by atoms with Crippen LogP contribution in [-0.2, 0) is 6.42 Å². The van der Waals surface area contributed by atoms with Crippen LogP contribution in [0.5, 0.6) is 0 Å². The molecule has 112 valence electrons. The summed E-state index contributed by atoms with van der Waals surface area (Å²) in [5.41, 5.74) is 7.06. The molecule has 1 atom stereocenters. The molecule has 0 heterocycles. The molecule has 0 aliphatic rings. The Hall–Kier alpha value is -1.10. The second-order valence-corrected chi connectivity index (χ2v) is 6.35. The molecule has 0 spiro atoms. The van der Waals surface area contributed by atoms with Gasteiger partial charge in [0.15, 0.2) is 11.6 Å². The van der Waals surface area contributed by atoms with Crippen LogP contribution >= 0.6 is 23.4 Å². The summed E-state index contributed by atoms with van der Waals surface area (Å²) < 4.78 is 26.3. The van der Waals surface area contributed by atoms with Gasteiger partial charge in [0.05, 0.1) is 0 Å². The largest absolute Gasteiger partial charge is 0.327 e. The predicted octanol–water partition coefficient (Wildman–Crippen LogP) is 5.05. The fourth-order valence-electron chi connectivity index (χ4n) is 1.89. The predicted molar refractivity (Wildman–Crippen MR) is 83.9 cm³/mol. The number of rotatable bonds is 5. The normalized spacial score (nSPS) is 12.4. The van der Waals surface area contributed by atoms with Gasteiger partial charge in [0.25, 0.3) is 0 Å². The maximum atomic E-state index is 13.3. The van der Waals surface area contributed by atoms with E-state index in [1.54, 1.807) is 6.07 Å². The van der Waals surface area contributed by atoms with Crippen LogP contribution in [0.15, 0.2) is 46.2 Å². The van der Waals surface area contributed by atoms with Gasteiger partial charge in [-0.05, 0) is 48.7 Å². The van der Waals surface area contributed by atoms with Gasteiger partial charge < -0.3 is 5.73 Å². The molecule has 2 aromatic rings. The van der Waals surface area contributed by atoms with Crippen molar-refractivity contribution in [1.82, 2.24) is 0 Å². The second kappa shape index (κ2) is 7.25. The highest BCUT2D eigenvalue weighted by molar-refractivity contribution is 7.99. The lowest BCUT2D eigenvalue weighted by molar-refractivity contribution is 0.506. The van der Waals surface area contributed by atoms with Gasteiger partial charge in [-0.1, -0.05) is 36.4 Å². The Morgan fingerprint density at radius 1 is 1.14 bits per heavy atom. The zero-order valence-electron chi connectivity index (χ0n) is 11.6. The van der Waals surface area contributed by atoms with Gasteiger partial charge >= 0.3 is 0 Å². The Labute approximate surface area is 132 Å². The second-order valence-electron chi connectivity index (χ2n) is 4.80. The Balaban J connectivity index is 2.28. The van der Waals surface area contributed by atoms with E-state index in [2.05, 4.69) is 0 Å². The van der Waals surface area contributed by atoms with E-state index in [0.717, 1.165) is 29.4 Å². The van der Waals surface area contributed by atoms with E-state index in [0.29, 0.717) is 9.92 Å². The summed E-state index contributed by atoms with van der Waals surface area (Å²) >= 11 is 7.39. The molecule has 21 heavy (non-hydrogen) atoms. The monoisotopic (exact) mass is 327 g/mol. The van der Waals surface area contributed by atoms with E-state index >= 15 is 0 Å². The summed E-state index contributed by atoms with van der Waals surface area (Å²) in [6.45, 7) is 2.03. The summed E-state index contributed by atoms with van der Waals surface area (Å²) in [5, 5.41) is 0.605. The van der Waals surface area contributed by atoms with E-state index in [1.807, 2.05) is 25.1 Å². The van der Waals surface area contributed by atoms with Crippen molar-refractivity contribution in [2.75, 3.05) is 0 Å². The summed E-state index contributed by atoms with van der Waals surface area (Å²) in [4.78, 5) is 1.54. The molecule has 0 amide bonds. The maximum absolute atomic E-state index is 13.3. The van der Waals surface area contributed by atoms with Gasteiger partial charge in [-0.15, -0.1) is 0 Å². The first-order valence-corrected chi connectivity index (χ1v) is 7.86. The molecule has 0 aromatic heterocycles. The number of halogens is 3. The SMILES string of the molecule is CCC(N)Cc1ccc(Cl)cc1Sc1ccc(F)c(F)c1. The summed E-state index contributed by atoms with van der Waals surface area (Å²) in [7, 11) is 0. The van der Waals surface area contributed by atoms with Gasteiger partial charge in [0, 0.05) is 20.9 Å². The minimum absolute atomic E-state index is 0.0653. The third-order valence-electron chi connectivity index (χ3n) is 3.15. The Kier molecular flexibility index (Phi) is 5.62. The van der Waals surface area contributed by atoms with Crippen molar-refractivity contribution >= 4 is 23.4 Å². The number of benzene rings is 2. The average Bonchev–Trinajstić information content (AvgIpc) is 2.45. The quantitative estimate of drug-likeness (QED) is 0.831. The zero-order valence-corrected chi connectivity index (χ0v) is 13.1. The molecule has 0 radical (unpaired) electrons. The van der Waals surface area contributed by atoms with Crippen LogP contribution in [-0.4, -0.2) is 6.04 Å². The first-order valence-electron chi connectivity index (χ1n) is 6.66. The highest BCUT2D eigenvalue weighted by Crippen LogP contribution is 2.33. The number of hydrogen-bond donors (Lipinski definition) is 1. The topological polar surface area (TPSA) is 26.0 Å². The van der Waals surface area contributed by atoms with Gasteiger partial charge in [0.2, 0.25) is 0 Å². The molecule has 0 aliphatic carbocycles. The highest BCUT2D eigenvalue weighted by Gasteiger charge is 2.10. The summed E-state index contributed by atoms with van der Waals surface area (Å²) in [6, 6.07) is 9.49.